The van der Waals surface area contributed by atoms with Crippen LogP contribution < -0.4 is 16.4 Å². The maximum atomic E-state index is 13.0. The van der Waals surface area contributed by atoms with Crippen LogP contribution in [-0.4, -0.2) is 47.5 Å². The summed E-state index contributed by atoms with van der Waals surface area (Å²) in [6, 6.07) is 11.7. The standard InChI is InChI=1S/C21H20FN5O4/c1-31-11-10-24-21(30)18-17(19(23)28)25-12-27(18)16-8-6-15(7-9-16)26-20(29)13-2-4-14(22)5-3-13/h2-9,12H,10-11H2,1H3,(H2,23,28)(H,24,30)(H,26,29). The van der Waals surface area contributed by atoms with Crippen LogP contribution >= 0.6 is 0 Å². The van der Waals surface area contributed by atoms with Gasteiger partial charge in [-0.1, -0.05) is 0 Å². The Hall–Kier alpha value is -4.05. The van der Waals surface area contributed by atoms with E-state index in [4.69, 9.17) is 10.5 Å². The van der Waals surface area contributed by atoms with Gasteiger partial charge in [-0.3, -0.25) is 19.0 Å². The van der Waals surface area contributed by atoms with E-state index in [1.807, 2.05) is 0 Å². The van der Waals surface area contributed by atoms with Crippen molar-refractivity contribution in [2.45, 2.75) is 0 Å². The second-order valence-electron chi connectivity index (χ2n) is 6.43. The van der Waals surface area contributed by atoms with Crippen LogP contribution in [0.1, 0.15) is 31.3 Å². The number of amides is 3. The maximum absolute atomic E-state index is 13.0. The van der Waals surface area contributed by atoms with Gasteiger partial charge in [-0.25, -0.2) is 9.37 Å². The Kier molecular flexibility index (Phi) is 6.73. The van der Waals surface area contributed by atoms with Crippen LogP contribution in [0.4, 0.5) is 10.1 Å². The van der Waals surface area contributed by atoms with E-state index in [1.165, 1.54) is 42.3 Å². The summed E-state index contributed by atoms with van der Waals surface area (Å²) < 4.78 is 19.3. The molecule has 0 spiro atoms. The number of nitrogens with one attached hydrogen (secondary N) is 2. The molecule has 1 aromatic heterocycles. The normalized spacial score (nSPS) is 10.5. The van der Waals surface area contributed by atoms with Gasteiger partial charge in [0.25, 0.3) is 17.7 Å². The number of carbonyl (C=O) groups excluding carboxylic acids is 3. The molecular formula is C21H20FN5O4. The van der Waals surface area contributed by atoms with Crippen LogP contribution in [-0.2, 0) is 4.74 Å². The average Bonchev–Trinajstić information content (AvgIpc) is 3.20. The SMILES string of the molecule is COCCNC(=O)c1c(C(N)=O)ncn1-c1ccc(NC(=O)c2ccc(F)cc2)cc1. The van der Waals surface area contributed by atoms with Crippen molar-refractivity contribution >= 4 is 23.4 Å². The van der Waals surface area contributed by atoms with E-state index in [-0.39, 0.29) is 17.9 Å². The second kappa shape index (κ2) is 9.63. The van der Waals surface area contributed by atoms with Gasteiger partial charge in [-0.05, 0) is 48.5 Å². The Labute approximate surface area is 177 Å². The number of nitrogens with zero attached hydrogens (tertiary/aromatic N) is 2. The van der Waals surface area contributed by atoms with Crippen molar-refractivity contribution in [2.75, 3.05) is 25.6 Å². The van der Waals surface area contributed by atoms with E-state index in [1.54, 1.807) is 24.3 Å². The molecular weight excluding hydrogens is 405 g/mol. The minimum Gasteiger partial charge on any atom is -0.383 e. The molecule has 0 aliphatic rings. The third kappa shape index (κ3) is 5.11. The number of hydrogen-bond acceptors (Lipinski definition) is 5. The first-order valence-electron chi connectivity index (χ1n) is 9.22. The van der Waals surface area contributed by atoms with Crippen molar-refractivity contribution in [3.05, 3.63) is 77.6 Å². The van der Waals surface area contributed by atoms with Crippen molar-refractivity contribution < 1.29 is 23.5 Å². The molecule has 3 rings (SSSR count). The number of rotatable bonds is 8. The van der Waals surface area contributed by atoms with Gasteiger partial charge >= 0.3 is 0 Å². The average molecular weight is 425 g/mol. The minimum absolute atomic E-state index is 0.00768. The molecule has 0 aliphatic carbocycles. The number of halogens is 1. The number of nitrogens with two attached hydrogens (primary N) is 1. The fourth-order valence-electron chi connectivity index (χ4n) is 2.80. The zero-order valence-electron chi connectivity index (χ0n) is 16.6. The maximum Gasteiger partial charge on any atom is 0.270 e. The van der Waals surface area contributed by atoms with E-state index in [2.05, 4.69) is 15.6 Å². The summed E-state index contributed by atoms with van der Waals surface area (Å²) in [5, 5.41) is 5.33. The number of hydrogen-bond donors (Lipinski definition) is 3. The molecule has 4 N–H and O–H groups in total. The molecule has 0 fully saturated rings. The van der Waals surface area contributed by atoms with Gasteiger partial charge in [0.05, 0.1) is 6.61 Å². The third-order valence-electron chi connectivity index (χ3n) is 4.32. The minimum atomic E-state index is -0.834. The first-order valence-corrected chi connectivity index (χ1v) is 9.22. The highest BCUT2D eigenvalue weighted by Gasteiger charge is 2.23. The number of benzene rings is 2. The van der Waals surface area contributed by atoms with Gasteiger partial charge in [-0.2, -0.15) is 0 Å². The molecule has 1 heterocycles. The molecule has 0 unspecified atom stereocenters. The molecule has 2 aromatic carbocycles. The fraction of sp³-hybridized carbons (Fsp3) is 0.143. The van der Waals surface area contributed by atoms with Crippen LogP contribution in [0, 0.1) is 5.82 Å². The van der Waals surface area contributed by atoms with Crippen LogP contribution in [0.25, 0.3) is 5.69 Å². The van der Waals surface area contributed by atoms with E-state index in [9.17, 15) is 18.8 Å². The highest BCUT2D eigenvalue weighted by Crippen LogP contribution is 2.18. The molecule has 0 atom stereocenters. The highest BCUT2D eigenvalue weighted by atomic mass is 19.1. The quantitative estimate of drug-likeness (QED) is 0.474. The molecule has 0 bridgehead atoms. The molecule has 10 heteroatoms. The van der Waals surface area contributed by atoms with Crippen LogP contribution in [0.15, 0.2) is 54.9 Å². The van der Waals surface area contributed by atoms with Crippen LogP contribution in [0.3, 0.4) is 0 Å². The van der Waals surface area contributed by atoms with E-state index in [0.717, 1.165) is 0 Å². The summed E-state index contributed by atoms with van der Waals surface area (Å²) >= 11 is 0. The predicted octanol–water partition coefficient (Wildman–Crippen LogP) is 1.74. The van der Waals surface area contributed by atoms with Crippen molar-refractivity contribution in [3.8, 4) is 5.69 Å². The monoisotopic (exact) mass is 425 g/mol. The molecule has 9 nitrogen and oxygen atoms in total. The van der Waals surface area contributed by atoms with Crippen LogP contribution in [0.2, 0.25) is 0 Å². The van der Waals surface area contributed by atoms with Gasteiger partial charge in [-0.15, -0.1) is 0 Å². The van der Waals surface area contributed by atoms with Gasteiger partial charge in [0.2, 0.25) is 0 Å². The second-order valence-corrected chi connectivity index (χ2v) is 6.43. The van der Waals surface area contributed by atoms with E-state index < -0.39 is 23.5 Å². The van der Waals surface area contributed by atoms with E-state index >= 15 is 0 Å². The number of carbonyl (C=O) groups is 3. The molecule has 160 valence electrons. The number of imidazole rings is 1. The topological polar surface area (TPSA) is 128 Å². The first kappa shape index (κ1) is 21.7. The molecule has 3 aromatic rings. The lowest BCUT2D eigenvalue weighted by Crippen LogP contribution is -2.31. The van der Waals surface area contributed by atoms with Gasteiger partial charge < -0.3 is 21.1 Å². The number of aromatic nitrogens is 2. The smallest absolute Gasteiger partial charge is 0.270 e. The van der Waals surface area contributed by atoms with Crippen LogP contribution in [0.5, 0.6) is 0 Å². The molecule has 0 saturated heterocycles. The predicted molar refractivity (Wildman–Crippen MR) is 111 cm³/mol. The zero-order chi connectivity index (χ0) is 22.4. The number of ether oxygens (including phenoxy) is 1. The highest BCUT2D eigenvalue weighted by molar-refractivity contribution is 6.05. The van der Waals surface area contributed by atoms with Crippen molar-refractivity contribution in [1.29, 1.82) is 0 Å². The largest absolute Gasteiger partial charge is 0.383 e. The molecule has 31 heavy (non-hydrogen) atoms. The van der Waals surface area contributed by atoms with Crippen molar-refractivity contribution in [2.24, 2.45) is 5.73 Å². The third-order valence-corrected chi connectivity index (χ3v) is 4.32. The Bertz CT molecular complexity index is 1090. The lowest BCUT2D eigenvalue weighted by Gasteiger charge is -2.11. The summed E-state index contributed by atoms with van der Waals surface area (Å²) in [5.41, 5.74) is 6.50. The van der Waals surface area contributed by atoms with Gasteiger partial charge in [0.15, 0.2) is 5.69 Å². The number of methoxy groups -OCH3 is 1. The fourth-order valence-corrected chi connectivity index (χ4v) is 2.80. The molecule has 0 aliphatic heterocycles. The summed E-state index contributed by atoms with van der Waals surface area (Å²) in [6.45, 7) is 0.543. The Morgan fingerprint density at radius 1 is 1.06 bits per heavy atom. The lowest BCUT2D eigenvalue weighted by atomic mass is 10.2. The summed E-state index contributed by atoms with van der Waals surface area (Å²) in [6.07, 6.45) is 1.32. The number of anilines is 1. The number of primary amides is 1. The van der Waals surface area contributed by atoms with Gasteiger partial charge in [0.1, 0.15) is 17.8 Å². The van der Waals surface area contributed by atoms with Crippen molar-refractivity contribution in [1.82, 2.24) is 14.9 Å². The van der Waals surface area contributed by atoms with Gasteiger partial charge in [0, 0.05) is 30.6 Å². The first-order chi connectivity index (χ1) is 14.9. The molecule has 3 amide bonds. The zero-order valence-corrected chi connectivity index (χ0v) is 16.6. The lowest BCUT2D eigenvalue weighted by molar-refractivity contribution is 0.0915. The Morgan fingerprint density at radius 2 is 1.74 bits per heavy atom. The summed E-state index contributed by atoms with van der Waals surface area (Å²) in [4.78, 5) is 40.5. The Balaban J connectivity index is 1.81. The van der Waals surface area contributed by atoms with Crippen molar-refractivity contribution in [3.63, 3.8) is 0 Å². The molecule has 0 saturated carbocycles. The summed E-state index contributed by atoms with van der Waals surface area (Å²) in [5.74, 6) is -2.20. The Morgan fingerprint density at radius 3 is 2.35 bits per heavy atom. The summed E-state index contributed by atoms with van der Waals surface area (Å²) in [7, 11) is 1.50. The van der Waals surface area contributed by atoms with E-state index in [0.29, 0.717) is 23.5 Å². The molecule has 0 radical (unpaired) electrons.